The van der Waals surface area contributed by atoms with E-state index in [4.69, 9.17) is 9.47 Å². The Kier molecular flexibility index (Phi) is 5.47. The lowest BCUT2D eigenvalue weighted by atomic mass is 10.5. The summed E-state index contributed by atoms with van der Waals surface area (Å²) in [5.74, 6) is -0.367. The van der Waals surface area contributed by atoms with E-state index in [1.807, 2.05) is 6.92 Å². The highest BCUT2D eigenvalue weighted by atomic mass is 16.7. The molecule has 11 heavy (non-hydrogen) atoms. The van der Waals surface area contributed by atoms with Crippen molar-refractivity contribution in [2.45, 2.75) is 27.1 Å². The summed E-state index contributed by atoms with van der Waals surface area (Å²) in [6.45, 7) is 5.84. The first-order valence-electron chi connectivity index (χ1n) is 3.65. The van der Waals surface area contributed by atoms with Crippen molar-refractivity contribution in [3.8, 4) is 0 Å². The predicted octanol–water partition coefficient (Wildman–Crippen LogP) is 1.49. The van der Waals surface area contributed by atoms with Crippen LogP contribution in [0.5, 0.6) is 0 Å². The van der Waals surface area contributed by atoms with E-state index in [2.05, 4.69) is 0 Å². The molecule has 0 bridgehead atoms. The van der Waals surface area contributed by atoms with Gasteiger partial charge in [0.25, 0.3) is 0 Å². The van der Waals surface area contributed by atoms with Crippen molar-refractivity contribution >= 4 is 5.97 Å². The SMILES string of the molecule is CC=CC(=O)OC(C)OCC. The van der Waals surface area contributed by atoms with E-state index in [0.29, 0.717) is 6.61 Å². The van der Waals surface area contributed by atoms with E-state index in [-0.39, 0.29) is 5.97 Å². The number of hydrogen-bond donors (Lipinski definition) is 0. The van der Waals surface area contributed by atoms with Gasteiger partial charge in [0, 0.05) is 12.7 Å². The van der Waals surface area contributed by atoms with Crippen molar-refractivity contribution in [3.05, 3.63) is 12.2 Å². The minimum atomic E-state index is -0.455. The van der Waals surface area contributed by atoms with Gasteiger partial charge >= 0.3 is 5.97 Å². The van der Waals surface area contributed by atoms with E-state index in [0.717, 1.165) is 0 Å². The van der Waals surface area contributed by atoms with Crippen molar-refractivity contribution in [2.75, 3.05) is 6.61 Å². The van der Waals surface area contributed by atoms with Gasteiger partial charge in [-0.2, -0.15) is 0 Å². The van der Waals surface area contributed by atoms with Crippen LogP contribution in [-0.4, -0.2) is 18.9 Å². The third kappa shape index (κ3) is 5.61. The Morgan fingerprint density at radius 2 is 2.27 bits per heavy atom. The molecule has 0 aromatic heterocycles. The summed E-state index contributed by atoms with van der Waals surface area (Å²) >= 11 is 0. The van der Waals surface area contributed by atoms with E-state index < -0.39 is 6.29 Å². The number of allylic oxidation sites excluding steroid dienone is 1. The molecule has 3 nitrogen and oxygen atoms in total. The molecule has 0 spiro atoms. The maximum atomic E-state index is 10.7. The smallest absolute Gasteiger partial charge is 0.332 e. The normalized spacial score (nSPS) is 13.4. The molecule has 0 fully saturated rings. The molecule has 0 aromatic carbocycles. The van der Waals surface area contributed by atoms with Crippen LogP contribution in [0.4, 0.5) is 0 Å². The lowest BCUT2D eigenvalue weighted by molar-refractivity contribution is -0.167. The number of esters is 1. The van der Waals surface area contributed by atoms with Gasteiger partial charge in [-0.3, -0.25) is 0 Å². The summed E-state index contributed by atoms with van der Waals surface area (Å²) in [6.07, 6.45) is 2.53. The summed E-state index contributed by atoms with van der Waals surface area (Å²) in [5, 5.41) is 0. The molecule has 0 aliphatic carbocycles. The molecule has 0 heterocycles. The zero-order chi connectivity index (χ0) is 8.69. The molecule has 0 radical (unpaired) electrons. The highest BCUT2D eigenvalue weighted by Gasteiger charge is 2.03. The Morgan fingerprint density at radius 1 is 1.64 bits per heavy atom. The first kappa shape index (κ1) is 10.2. The maximum Gasteiger partial charge on any atom is 0.332 e. The summed E-state index contributed by atoms with van der Waals surface area (Å²) in [6, 6.07) is 0. The van der Waals surface area contributed by atoms with Crippen molar-refractivity contribution in [1.29, 1.82) is 0 Å². The maximum absolute atomic E-state index is 10.7. The predicted molar refractivity (Wildman–Crippen MR) is 42.0 cm³/mol. The van der Waals surface area contributed by atoms with Crippen LogP contribution in [0.25, 0.3) is 0 Å². The van der Waals surface area contributed by atoms with Crippen LogP contribution in [0.1, 0.15) is 20.8 Å². The number of carbonyl (C=O) groups excluding carboxylic acids is 1. The van der Waals surface area contributed by atoms with Crippen LogP contribution >= 0.6 is 0 Å². The first-order chi connectivity index (χ1) is 5.20. The molecule has 1 atom stereocenters. The van der Waals surface area contributed by atoms with Crippen LogP contribution in [0.2, 0.25) is 0 Å². The van der Waals surface area contributed by atoms with Gasteiger partial charge < -0.3 is 9.47 Å². The first-order valence-corrected chi connectivity index (χ1v) is 3.65. The molecule has 1 unspecified atom stereocenters. The van der Waals surface area contributed by atoms with E-state index >= 15 is 0 Å². The van der Waals surface area contributed by atoms with Crippen LogP contribution < -0.4 is 0 Å². The van der Waals surface area contributed by atoms with Gasteiger partial charge in [-0.1, -0.05) is 6.08 Å². The number of rotatable bonds is 4. The van der Waals surface area contributed by atoms with Crippen LogP contribution in [0.3, 0.4) is 0 Å². The largest absolute Gasteiger partial charge is 0.433 e. The number of carbonyl (C=O) groups is 1. The molecule has 64 valence electrons. The Labute approximate surface area is 67.0 Å². The van der Waals surface area contributed by atoms with Gasteiger partial charge in [0.2, 0.25) is 0 Å². The van der Waals surface area contributed by atoms with Gasteiger partial charge in [0.1, 0.15) is 0 Å². The van der Waals surface area contributed by atoms with Crippen molar-refractivity contribution in [3.63, 3.8) is 0 Å². The molecule has 0 saturated heterocycles. The summed E-state index contributed by atoms with van der Waals surface area (Å²) in [7, 11) is 0. The molecule has 0 aliphatic heterocycles. The molecular weight excluding hydrogens is 144 g/mol. The Bertz CT molecular complexity index is 140. The molecule has 0 aliphatic rings. The van der Waals surface area contributed by atoms with Gasteiger partial charge in [-0.05, 0) is 20.8 Å². The average molecular weight is 158 g/mol. The summed E-state index contributed by atoms with van der Waals surface area (Å²) in [5.41, 5.74) is 0. The fourth-order valence-corrected chi connectivity index (χ4v) is 0.608. The van der Waals surface area contributed by atoms with Crippen LogP contribution in [-0.2, 0) is 14.3 Å². The second-order valence-electron chi connectivity index (χ2n) is 1.96. The molecule has 0 N–H and O–H groups in total. The number of hydrogen-bond acceptors (Lipinski definition) is 3. The fourth-order valence-electron chi connectivity index (χ4n) is 0.608. The monoisotopic (exact) mass is 158 g/mol. The van der Waals surface area contributed by atoms with Gasteiger partial charge in [-0.15, -0.1) is 0 Å². The van der Waals surface area contributed by atoms with Crippen molar-refractivity contribution in [1.82, 2.24) is 0 Å². The zero-order valence-corrected chi connectivity index (χ0v) is 7.16. The molecule has 0 rings (SSSR count). The quantitative estimate of drug-likeness (QED) is 0.353. The second kappa shape index (κ2) is 5.92. The summed E-state index contributed by atoms with van der Waals surface area (Å²) in [4.78, 5) is 10.7. The fraction of sp³-hybridized carbons (Fsp3) is 0.625. The van der Waals surface area contributed by atoms with Crippen LogP contribution in [0, 0.1) is 0 Å². The lowest BCUT2D eigenvalue weighted by Gasteiger charge is -2.10. The minimum Gasteiger partial charge on any atom is -0.433 e. The Balaban J connectivity index is 3.57. The van der Waals surface area contributed by atoms with Gasteiger partial charge in [-0.25, -0.2) is 4.79 Å². The van der Waals surface area contributed by atoms with E-state index in [9.17, 15) is 4.79 Å². The van der Waals surface area contributed by atoms with Crippen molar-refractivity contribution in [2.24, 2.45) is 0 Å². The van der Waals surface area contributed by atoms with Crippen LogP contribution in [0.15, 0.2) is 12.2 Å². The third-order valence-corrected chi connectivity index (χ3v) is 0.986. The molecule has 0 saturated carbocycles. The molecule has 3 heteroatoms. The highest BCUT2D eigenvalue weighted by Crippen LogP contribution is 1.94. The minimum absolute atomic E-state index is 0.367. The molecular formula is C8H14O3. The topological polar surface area (TPSA) is 35.5 Å². The summed E-state index contributed by atoms with van der Waals surface area (Å²) < 4.78 is 9.77. The third-order valence-electron chi connectivity index (χ3n) is 0.986. The van der Waals surface area contributed by atoms with E-state index in [1.54, 1.807) is 19.9 Å². The number of ether oxygens (including phenoxy) is 2. The standard InChI is InChI=1S/C8H14O3/c1-4-6-8(9)11-7(3)10-5-2/h4,6-7H,5H2,1-3H3. The average Bonchev–Trinajstić information content (AvgIpc) is 1.87. The van der Waals surface area contributed by atoms with Gasteiger partial charge in [0.15, 0.2) is 6.29 Å². The lowest BCUT2D eigenvalue weighted by Crippen LogP contribution is -2.16. The zero-order valence-electron chi connectivity index (χ0n) is 7.16. The van der Waals surface area contributed by atoms with Crippen molar-refractivity contribution < 1.29 is 14.3 Å². The molecule has 0 aromatic rings. The second-order valence-corrected chi connectivity index (χ2v) is 1.96. The Hall–Kier alpha value is -0.830. The highest BCUT2D eigenvalue weighted by molar-refractivity contribution is 5.81. The Morgan fingerprint density at radius 3 is 2.73 bits per heavy atom. The molecule has 0 amide bonds. The van der Waals surface area contributed by atoms with E-state index in [1.165, 1.54) is 6.08 Å². The van der Waals surface area contributed by atoms with Gasteiger partial charge in [0.05, 0.1) is 0 Å².